The summed E-state index contributed by atoms with van der Waals surface area (Å²) in [7, 11) is 0. The van der Waals surface area contributed by atoms with Gasteiger partial charge in [0.1, 0.15) is 5.60 Å². The SMILES string of the molecule is CC(C)(C)OC(=O)N1CCC(CCOc2cc(C(=O)O)on2)CC1. The normalized spacial score (nSPS) is 16.0. The number of ether oxygens (including phenoxy) is 2. The number of aromatic carboxylic acids is 1. The average Bonchev–Trinajstić information content (AvgIpc) is 2.95. The lowest BCUT2D eigenvalue weighted by molar-refractivity contribution is 0.0176. The smallest absolute Gasteiger partial charge is 0.410 e. The molecule has 8 heteroatoms. The minimum atomic E-state index is -1.17. The quantitative estimate of drug-likeness (QED) is 0.879. The van der Waals surface area contributed by atoms with E-state index in [1.165, 1.54) is 6.07 Å². The lowest BCUT2D eigenvalue weighted by atomic mass is 9.94. The average molecular weight is 340 g/mol. The van der Waals surface area contributed by atoms with Gasteiger partial charge in [-0.15, -0.1) is 0 Å². The Morgan fingerprint density at radius 2 is 2.04 bits per heavy atom. The van der Waals surface area contributed by atoms with Gasteiger partial charge in [-0.25, -0.2) is 9.59 Å². The first-order valence-corrected chi connectivity index (χ1v) is 8.05. The zero-order valence-electron chi connectivity index (χ0n) is 14.3. The van der Waals surface area contributed by atoms with Gasteiger partial charge in [-0.05, 0) is 51.1 Å². The molecule has 134 valence electrons. The molecular weight excluding hydrogens is 316 g/mol. The van der Waals surface area contributed by atoms with E-state index in [1.54, 1.807) is 4.90 Å². The van der Waals surface area contributed by atoms with E-state index in [9.17, 15) is 9.59 Å². The zero-order chi connectivity index (χ0) is 17.7. The van der Waals surface area contributed by atoms with Crippen LogP contribution in [0.1, 0.15) is 50.6 Å². The number of carboxylic acid groups (broad SMARTS) is 1. The molecule has 2 rings (SSSR count). The maximum atomic E-state index is 12.0. The summed E-state index contributed by atoms with van der Waals surface area (Å²) in [4.78, 5) is 24.4. The molecule has 8 nitrogen and oxygen atoms in total. The molecule has 24 heavy (non-hydrogen) atoms. The molecule has 1 fully saturated rings. The van der Waals surface area contributed by atoms with Crippen molar-refractivity contribution in [3.63, 3.8) is 0 Å². The van der Waals surface area contributed by atoms with Crippen molar-refractivity contribution in [3.05, 3.63) is 11.8 Å². The van der Waals surface area contributed by atoms with Gasteiger partial charge in [-0.1, -0.05) is 0 Å². The zero-order valence-corrected chi connectivity index (χ0v) is 14.3. The van der Waals surface area contributed by atoms with Crippen molar-refractivity contribution >= 4 is 12.1 Å². The van der Waals surface area contributed by atoms with Gasteiger partial charge >= 0.3 is 12.1 Å². The third-order valence-corrected chi connectivity index (χ3v) is 3.74. The number of aromatic nitrogens is 1. The monoisotopic (exact) mass is 340 g/mol. The van der Waals surface area contributed by atoms with Crippen LogP contribution in [-0.4, -0.2) is 52.5 Å². The Morgan fingerprint density at radius 3 is 2.58 bits per heavy atom. The van der Waals surface area contributed by atoms with Gasteiger partial charge in [-0.3, -0.25) is 0 Å². The van der Waals surface area contributed by atoms with Crippen molar-refractivity contribution in [1.82, 2.24) is 10.1 Å². The van der Waals surface area contributed by atoms with E-state index in [1.807, 2.05) is 20.8 Å². The Balaban J connectivity index is 1.67. The van der Waals surface area contributed by atoms with E-state index in [0.717, 1.165) is 19.3 Å². The third kappa shape index (κ3) is 5.43. The molecule has 0 aromatic carbocycles. The maximum Gasteiger partial charge on any atom is 0.410 e. The highest BCUT2D eigenvalue weighted by Crippen LogP contribution is 2.22. The van der Waals surface area contributed by atoms with Crippen molar-refractivity contribution in [3.8, 4) is 5.88 Å². The second-order valence-electron chi connectivity index (χ2n) is 6.88. The molecule has 0 radical (unpaired) electrons. The molecule has 0 atom stereocenters. The number of hydrogen-bond acceptors (Lipinski definition) is 6. The number of nitrogens with zero attached hydrogens (tertiary/aromatic N) is 2. The predicted octanol–water partition coefficient (Wildman–Crippen LogP) is 2.79. The van der Waals surface area contributed by atoms with E-state index < -0.39 is 11.6 Å². The molecule has 0 aliphatic carbocycles. The summed E-state index contributed by atoms with van der Waals surface area (Å²) >= 11 is 0. The Kier molecular flexibility index (Phi) is 5.69. The second kappa shape index (κ2) is 7.55. The molecule has 0 bridgehead atoms. The fourth-order valence-corrected chi connectivity index (χ4v) is 2.49. The van der Waals surface area contributed by atoms with Crippen molar-refractivity contribution in [2.45, 2.75) is 45.6 Å². The van der Waals surface area contributed by atoms with Crippen molar-refractivity contribution in [2.75, 3.05) is 19.7 Å². The van der Waals surface area contributed by atoms with Crippen molar-refractivity contribution < 1.29 is 28.7 Å². The van der Waals surface area contributed by atoms with Crippen LogP contribution in [0.25, 0.3) is 0 Å². The maximum absolute atomic E-state index is 12.0. The molecule has 2 heterocycles. The summed E-state index contributed by atoms with van der Waals surface area (Å²) in [6, 6.07) is 1.26. The Bertz CT molecular complexity index is 569. The highest BCUT2D eigenvalue weighted by Gasteiger charge is 2.26. The van der Waals surface area contributed by atoms with Crippen LogP contribution in [-0.2, 0) is 4.74 Å². The fourth-order valence-electron chi connectivity index (χ4n) is 2.49. The van der Waals surface area contributed by atoms with Gasteiger partial charge < -0.3 is 24.0 Å². The summed E-state index contributed by atoms with van der Waals surface area (Å²) in [5.41, 5.74) is -0.478. The highest BCUT2D eigenvalue weighted by molar-refractivity contribution is 5.84. The van der Waals surface area contributed by atoms with Crippen LogP contribution in [0.15, 0.2) is 10.6 Å². The van der Waals surface area contributed by atoms with Crippen LogP contribution < -0.4 is 4.74 Å². The minimum absolute atomic E-state index is 0.179. The number of hydrogen-bond donors (Lipinski definition) is 1. The summed E-state index contributed by atoms with van der Waals surface area (Å²) in [6.45, 7) is 7.35. The van der Waals surface area contributed by atoms with Gasteiger partial charge in [0.2, 0.25) is 5.76 Å². The number of rotatable bonds is 5. The van der Waals surface area contributed by atoms with Crippen LogP contribution in [0.2, 0.25) is 0 Å². The van der Waals surface area contributed by atoms with Crippen LogP contribution in [0, 0.1) is 5.92 Å². The first-order chi connectivity index (χ1) is 11.2. The minimum Gasteiger partial charge on any atom is -0.475 e. The number of carbonyl (C=O) groups excluding carboxylic acids is 1. The lowest BCUT2D eigenvalue weighted by Crippen LogP contribution is -2.41. The van der Waals surface area contributed by atoms with Crippen molar-refractivity contribution in [1.29, 1.82) is 0 Å². The van der Waals surface area contributed by atoms with Crippen molar-refractivity contribution in [2.24, 2.45) is 5.92 Å². The largest absolute Gasteiger partial charge is 0.475 e. The van der Waals surface area contributed by atoms with E-state index in [4.69, 9.17) is 14.6 Å². The van der Waals surface area contributed by atoms with Crippen LogP contribution in [0.4, 0.5) is 4.79 Å². The first-order valence-electron chi connectivity index (χ1n) is 8.05. The summed E-state index contributed by atoms with van der Waals surface area (Å²) < 4.78 is 15.4. The van der Waals surface area contributed by atoms with Crippen LogP contribution in [0.5, 0.6) is 5.88 Å². The van der Waals surface area contributed by atoms with E-state index in [-0.39, 0.29) is 17.7 Å². The standard InChI is InChI=1S/C16H24N2O6/c1-16(2,3)23-15(21)18-7-4-11(5-8-18)6-9-22-13-10-12(14(19)20)24-17-13/h10-11H,4-9H2,1-3H3,(H,19,20). The highest BCUT2D eigenvalue weighted by atomic mass is 16.6. The first kappa shape index (κ1) is 18.1. The van der Waals surface area contributed by atoms with Gasteiger partial charge in [-0.2, -0.15) is 0 Å². The Morgan fingerprint density at radius 1 is 1.38 bits per heavy atom. The van der Waals surface area contributed by atoms with Gasteiger partial charge in [0, 0.05) is 13.1 Å². The molecule has 1 aliphatic rings. The molecule has 1 aromatic heterocycles. The van der Waals surface area contributed by atoms with Crippen LogP contribution in [0.3, 0.4) is 0 Å². The van der Waals surface area contributed by atoms with Gasteiger partial charge in [0.15, 0.2) is 0 Å². The third-order valence-electron chi connectivity index (χ3n) is 3.74. The Hall–Kier alpha value is -2.25. The van der Waals surface area contributed by atoms with Gasteiger partial charge in [0.25, 0.3) is 5.88 Å². The molecule has 0 spiro atoms. The predicted molar refractivity (Wildman–Crippen MR) is 84.1 cm³/mol. The molecule has 0 unspecified atom stereocenters. The second-order valence-corrected chi connectivity index (χ2v) is 6.88. The van der Waals surface area contributed by atoms with E-state index in [0.29, 0.717) is 25.6 Å². The molecular formula is C16H24N2O6. The fraction of sp³-hybridized carbons (Fsp3) is 0.688. The number of carbonyl (C=O) groups is 2. The lowest BCUT2D eigenvalue weighted by Gasteiger charge is -2.33. The summed E-state index contributed by atoms with van der Waals surface area (Å²) in [5.74, 6) is -0.782. The molecule has 0 saturated carbocycles. The number of carboxylic acids is 1. The van der Waals surface area contributed by atoms with E-state index in [2.05, 4.69) is 9.68 Å². The molecule has 1 N–H and O–H groups in total. The van der Waals surface area contributed by atoms with Gasteiger partial charge in [0.05, 0.1) is 12.7 Å². The molecule has 1 saturated heterocycles. The molecule has 1 aliphatic heterocycles. The number of likely N-dealkylation sites (tertiary alicyclic amines) is 1. The number of piperidine rings is 1. The summed E-state index contributed by atoms with van der Waals surface area (Å²) in [5, 5.41) is 12.3. The molecule has 1 aromatic rings. The van der Waals surface area contributed by atoms with Crippen LogP contribution >= 0.6 is 0 Å². The topological polar surface area (TPSA) is 102 Å². The summed E-state index contributed by atoms with van der Waals surface area (Å²) in [6.07, 6.45) is 2.34. The van der Waals surface area contributed by atoms with E-state index >= 15 is 0 Å². The Labute approximate surface area is 140 Å². The number of amides is 1. The molecule has 1 amide bonds.